The molecule has 0 radical (unpaired) electrons. The minimum absolute atomic E-state index is 0.138. The fraction of sp³-hybridized carbons (Fsp3) is 0.500. The summed E-state index contributed by atoms with van der Waals surface area (Å²) in [6, 6.07) is 5.55. The highest BCUT2D eigenvalue weighted by Gasteiger charge is 2.16. The summed E-state index contributed by atoms with van der Waals surface area (Å²) in [6.45, 7) is 6.21. The van der Waals surface area contributed by atoms with Crippen LogP contribution in [0.2, 0.25) is 0 Å². The monoisotopic (exact) mass is 295 g/mol. The van der Waals surface area contributed by atoms with Gasteiger partial charge >= 0.3 is 0 Å². The van der Waals surface area contributed by atoms with E-state index in [1.807, 2.05) is 22.8 Å². The predicted molar refractivity (Wildman–Crippen MR) is 82.6 cm³/mol. The summed E-state index contributed by atoms with van der Waals surface area (Å²) in [6.07, 6.45) is 0. The van der Waals surface area contributed by atoms with Crippen molar-refractivity contribution in [3.8, 4) is 0 Å². The number of sulfone groups is 1. The van der Waals surface area contributed by atoms with Crippen molar-refractivity contribution in [1.82, 2.24) is 9.55 Å². The van der Waals surface area contributed by atoms with E-state index < -0.39 is 9.84 Å². The molecule has 0 unspecified atom stereocenters. The molecule has 0 amide bonds. The Bertz CT molecular complexity index is 717. The highest BCUT2D eigenvalue weighted by molar-refractivity contribution is 7.91. The van der Waals surface area contributed by atoms with Gasteiger partial charge in [0.25, 0.3) is 0 Å². The lowest BCUT2D eigenvalue weighted by Crippen LogP contribution is -2.16. The predicted octanol–water partition coefficient (Wildman–Crippen LogP) is 2.18. The molecule has 0 aliphatic rings. The standard InChI is InChI=1S/C14H21N3O2S/c1-4-20(18,19)8-7-17-13-6-5-11(15)9-12(13)16-14(17)10(2)3/h5-6,9-10H,4,7-8,15H2,1-3H3. The summed E-state index contributed by atoms with van der Waals surface area (Å²) < 4.78 is 25.4. The molecule has 110 valence electrons. The molecule has 2 N–H and O–H groups in total. The number of aryl methyl sites for hydroxylation is 1. The van der Waals surface area contributed by atoms with E-state index in [9.17, 15) is 8.42 Å². The molecule has 0 bridgehead atoms. The van der Waals surface area contributed by atoms with Gasteiger partial charge in [-0.25, -0.2) is 13.4 Å². The molecule has 0 fully saturated rings. The second-order valence-corrected chi connectivity index (χ2v) is 7.73. The smallest absolute Gasteiger partial charge is 0.151 e. The Kier molecular flexibility index (Phi) is 4.04. The van der Waals surface area contributed by atoms with Crippen LogP contribution in [0.25, 0.3) is 11.0 Å². The number of nitrogens with zero attached hydrogens (tertiary/aromatic N) is 2. The van der Waals surface area contributed by atoms with Crippen molar-refractivity contribution in [2.45, 2.75) is 33.2 Å². The molecule has 6 heteroatoms. The zero-order chi connectivity index (χ0) is 14.9. The quantitative estimate of drug-likeness (QED) is 0.858. The molecule has 0 aliphatic carbocycles. The zero-order valence-electron chi connectivity index (χ0n) is 12.1. The van der Waals surface area contributed by atoms with Gasteiger partial charge in [0.2, 0.25) is 0 Å². The van der Waals surface area contributed by atoms with Crippen LogP contribution < -0.4 is 5.73 Å². The second kappa shape index (κ2) is 5.44. The molecule has 0 aliphatic heterocycles. The van der Waals surface area contributed by atoms with E-state index in [1.54, 1.807) is 6.92 Å². The molecular weight excluding hydrogens is 274 g/mol. The Balaban J connectivity index is 2.46. The normalized spacial score (nSPS) is 12.4. The lowest BCUT2D eigenvalue weighted by atomic mass is 10.2. The summed E-state index contributed by atoms with van der Waals surface area (Å²) in [4.78, 5) is 4.59. The van der Waals surface area contributed by atoms with Crippen LogP contribution in [0.4, 0.5) is 5.69 Å². The SMILES string of the molecule is CCS(=O)(=O)CCn1c(C(C)C)nc2cc(N)ccc21. The highest BCUT2D eigenvalue weighted by Crippen LogP contribution is 2.23. The molecule has 1 aromatic heterocycles. The lowest BCUT2D eigenvalue weighted by Gasteiger charge is -2.11. The molecule has 2 aromatic rings. The first-order chi connectivity index (χ1) is 9.34. The average Bonchev–Trinajstić information content (AvgIpc) is 2.74. The molecule has 1 heterocycles. The van der Waals surface area contributed by atoms with Crippen LogP contribution in [0.5, 0.6) is 0 Å². The Hall–Kier alpha value is -1.56. The van der Waals surface area contributed by atoms with Crippen molar-refractivity contribution in [2.24, 2.45) is 0 Å². The number of nitrogen functional groups attached to an aromatic ring is 1. The van der Waals surface area contributed by atoms with Gasteiger partial charge in [0, 0.05) is 23.9 Å². The third-order valence-electron chi connectivity index (χ3n) is 3.38. The van der Waals surface area contributed by atoms with Crippen molar-refractivity contribution in [1.29, 1.82) is 0 Å². The van der Waals surface area contributed by atoms with Crippen LogP contribution in [0.1, 0.15) is 32.5 Å². The van der Waals surface area contributed by atoms with E-state index in [-0.39, 0.29) is 17.4 Å². The van der Waals surface area contributed by atoms with Crippen LogP contribution in [0, 0.1) is 0 Å². The van der Waals surface area contributed by atoms with Gasteiger partial charge in [-0.05, 0) is 18.2 Å². The number of imidazole rings is 1. The maximum Gasteiger partial charge on any atom is 0.151 e. The Labute approximate surface area is 119 Å². The van der Waals surface area contributed by atoms with Crippen LogP contribution in [0.3, 0.4) is 0 Å². The zero-order valence-corrected chi connectivity index (χ0v) is 12.9. The number of hydrogen-bond acceptors (Lipinski definition) is 4. The van der Waals surface area contributed by atoms with E-state index in [2.05, 4.69) is 18.8 Å². The third-order valence-corrected chi connectivity index (χ3v) is 5.07. The molecule has 5 nitrogen and oxygen atoms in total. The molecule has 0 atom stereocenters. The fourth-order valence-corrected chi connectivity index (χ4v) is 2.97. The van der Waals surface area contributed by atoms with Crippen molar-refractivity contribution >= 4 is 26.6 Å². The average molecular weight is 295 g/mol. The van der Waals surface area contributed by atoms with Gasteiger partial charge in [-0.2, -0.15) is 0 Å². The Morgan fingerprint density at radius 2 is 2.05 bits per heavy atom. The van der Waals surface area contributed by atoms with Crippen molar-refractivity contribution in [3.63, 3.8) is 0 Å². The van der Waals surface area contributed by atoms with Crippen molar-refractivity contribution in [3.05, 3.63) is 24.0 Å². The van der Waals surface area contributed by atoms with Gasteiger partial charge in [0.05, 0.1) is 16.8 Å². The Morgan fingerprint density at radius 3 is 2.65 bits per heavy atom. The maximum atomic E-state index is 11.7. The summed E-state index contributed by atoms with van der Waals surface area (Å²) in [5.74, 6) is 1.44. The molecule has 0 saturated heterocycles. The highest BCUT2D eigenvalue weighted by atomic mass is 32.2. The van der Waals surface area contributed by atoms with Gasteiger partial charge in [-0.1, -0.05) is 20.8 Å². The second-order valence-electron chi connectivity index (χ2n) is 5.26. The number of fused-ring (bicyclic) bond motifs is 1. The number of aromatic nitrogens is 2. The number of rotatable bonds is 5. The minimum atomic E-state index is -2.99. The molecule has 2 rings (SSSR count). The van der Waals surface area contributed by atoms with E-state index in [4.69, 9.17) is 5.73 Å². The fourth-order valence-electron chi connectivity index (χ4n) is 2.22. The summed E-state index contributed by atoms with van der Waals surface area (Å²) in [5, 5.41) is 0. The minimum Gasteiger partial charge on any atom is -0.399 e. The maximum absolute atomic E-state index is 11.7. The first-order valence-corrected chi connectivity index (χ1v) is 8.62. The van der Waals surface area contributed by atoms with Crippen LogP contribution >= 0.6 is 0 Å². The first kappa shape index (κ1) is 14.8. The number of benzene rings is 1. The summed E-state index contributed by atoms with van der Waals surface area (Å²) in [5.41, 5.74) is 8.21. The third kappa shape index (κ3) is 2.95. The summed E-state index contributed by atoms with van der Waals surface area (Å²) >= 11 is 0. The van der Waals surface area contributed by atoms with Crippen molar-refractivity contribution < 1.29 is 8.42 Å². The molecule has 20 heavy (non-hydrogen) atoms. The van der Waals surface area contributed by atoms with Gasteiger partial charge in [-0.15, -0.1) is 0 Å². The first-order valence-electron chi connectivity index (χ1n) is 6.80. The van der Waals surface area contributed by atoms with E-state index >= 15 is 0 Å². The summed E-state index contributed by atoms with van der Waals surface area (Å²) in [7, 11) is -2.99. The van der Waals surface area contributed by atoms with E-state index in [1.165, 1.54) is 0 Å². The molecule has 0 spiro atoms. The van der Waals surface area contributed by atoms with Gasteiger partial charge in [0.15, 0.2) is 9.84 Å². The van der Waals surface area contributed by atoms with Gasteiger partial charge in [0.1, 0.15) is 5.82 Å². The molecular formula is C14H21N3O2S. The number of anilines is 1. The topological polar surface area (TPSA) is 78.0 Å². The van der Waals surface area contributed by atoms with Crippen LogP contribution in [0.15, 0.2) is 18.2 Å². The van der Waals surface area contributed by atoms with Crippen LogP contribution in [-0.2, 0) is 16.4 Å². The van der Waals surface area contributed by atoms with Crippen molar-refractivity contribution in [2.75, 3.05) is 17.2 Å². The van der Waals surface area contributed by atoms with E-state index in [0.29, 0.717) is 12.2 Å². The van der Waals surface area contributed by atoms with Crippen LogP contribution in [-0.4, -0.2) is 29.5 Å². The number of nitrogens with two attached hydrogens (primary N) is 1. The lowest BCUT2D eigenvalue weighted by molar-refractivity contribution is 0.586. The molecule has 1 aromatic carbocycles. The van der Waals surface area contributed by atoms with Gasteiger partial charge in [-0.3, -0.25) is 0 Å². The molecule has 0 saturated carbocycles. The largest absolute Gasteiger partial charge is 0.399 e. The van der Waals surface area contributed by atoms with Gasteiger partial charge < -0.3 is 10.3 Å². The van der Waals surface area contributed by atoms with E-state index in [0.717, 1.165) is 16.9 Å². The Morgan fingerprint density at radius 1 is 1.35 bits per heavy atom. The number of hydrogen-bond donors (Lipinski definition) is 1.